The van der Waals surface area contributed by atoms with E-state index in [1.54, 1.807) is 24.3 Å². The van der Waals surface area contributed by atoms with Gasteiger partial charge >= 0.3 is 0 Å². The molecule has 0 aromatic heterocycles. The number of hydrogen-bond acceptors (Lipinski definition) is 3. The van der Waals surface area contributed by atoms with Gasteiger partial charge in [0.2, 0.25) is 5.91 Å². The first kappa shape index (κ1) is 18.6. The minimum Gasteiger partial charge on any atom is -0.324 e. The van der Waals surface area contributed by atoms with E-state index >= 15 is 0 Å². The molecule has 0 saturated heterocycles. The number of nitrogens with one attached hydrogen (secondary N) is 3. The van der Waals surface area contributed by atoms with E-state index in [1.165, 1.54) is 24.3 Å². The van der Waals surface area contributed by atoms with Gasteiger partial charge in [0.25, 0.3) is 5.91 Å². The highest BCUT2D eigenvalue weighted by Crippen LogP contribution is 2.17. The van der Waals surface area contributed by atoms with Gasteiger partial charge in [0.05, 0.1) is 17.8 Å². The number of carbonyl (C=O) groups is 2. The van der Waals surface area contributed by atoms with E-state index in [0.717, 1.165) is 0 Å². The highest BCUT2D eigenvalue weighted by atomic mass is 19.1. The fourth-order valence-corrected chi connectivity index (χ4v) is 2.06. The Bertz CT molecular complexity index is 752. The zero-order valence-corrected chi connectivity index (χ0v) is 14.5. The van der Waals surface area contributed by atoms with Crippen LogP contribution in [0.15, 0.2) is 48.5 Å². The van der Waals surface area contributed by atoms with Gasteiger partial charge in [0, 0.05) is 11.2 Å². The molecule has 0 bridgehead atoms. The third kappa shape index (κ3) is 6.00. The van der Waals surface area contributed by atoms with Crippen molar-refractivity contribution in [1.82, 2.24) is 5.32 Å². The summed E-state index contributed by atoms with van der Waals surface area (Å²) in [6.45, 7) is 6.02. The molecule has 2 aromatic carbocycles. The maximum atomic E-state index is 12.9. The Morgan fingerprint density at radius 2 is 1.60 bits per heavy atom. The van der Waals surface area contributed by atoms with Crippen molar-refractivity contribution in [1.29, 1.82) is 0 Å². The minimum absolute atomic E-state index is 0.136. The fourth-order valence-electron chi connectivity index (χ4n) is 2.06. The highest BCUT2D eigenvalue weighted by molar-refractivity contribution is 6.10. The number of carbonyl (C=O) groups excluding carboxylic acids is 2. The lowest BCUT2D eigenvalue weighted by molar-refractivity contribution is -0.115. The molecule has 0 aliphatic heterocycles. The number of para-hydroxylation sites is 1. The van der Waals surface area contributed by atoms with Gasteiger partial charge in [0.15, 0.2) is 0 Å². The molecule has 3 N–H and O–H groups in total. The first-order valence-electron chi connectivity index (χ1n) is 7.95. The van der Waals surface area contributed by atoms with Crippen LogP contribution in [0.25, 0.3) is 0 Å². The Morgan fingerprint density at radius 3 is 2.24 bits per heavy atom. The normalized spacial score (nSPS) is 11.0. The molecule has 0 heterocycles. The summed E-state index contributed by atoms with van der Waals surface area (Å²) in [4.78, 5) is 24.5. The van der Waals surface area contributed by atoms with Crippen molar-refractivity contribution in [2.24, 2.45) is 0 Å². The number of benzene rings is 2. The molecule has 2 amide bonds. The second-order valence-electron chi connectivity index (χ2n) is 6.66. The lowest BCUT2D eigenvalue weighted by Gasteiger charge is -2.20. The molecule has 0 fully saturated rings. The van der Waals surface area contributed by atoms with E-state index < -0.39 is 0 Å². The number of rotatable bonds is 5. The van der Waals surface area contributed by atoms with Gasteiger partial charge < -0.3 is 16.0 Å². The maximum Gasteiger partial charge on any atom is 0.257 e. The molecular formula is C19H22FN3O2. The van der Waals surface area contributed by atoms with Crippen LogP contribution in [0, 0.1) is 5.82 Å². The Balaban J connectivity index is 2.07. The average Bonchev–Trinajstić information content (AvgIpc) is 2.55. The maximum absolute atomic E-state index is 12.9. The molecule has 6 heteroatoms. The number of anilines is 2. The molecule has 0 aliphatic carbocycles. The molecule has 132 valence electrons. The summed E-state index contributed by atoms with van der Waals surface area (Å²) in [5, 5.41) is 8.51. The molecular weight excluding hydrogens is 321 g/mol. The summed E-state index contributed by atoms with van der Waals surface area (Å²) in [6.07, 6.45) is 0. The van der Waals surface area contributed by atoms with Gasteiger partial charge in [-0.25, -0.2) is 4.39 Å². The molecule has 25 heavy (non-hydrogen) atoms. The van der Waals surface area contributed by atoms with Crippen LogP contribution >= 0.6 is 0 Å². The minimum atomic E-state index is -0.383. The zero-order valence-electron chi connectivity index (χ0n) is 14.5. The van der Waals surface area contributed by atoms with E-state index in [1.807, 2.05) is 20.8 Å². The van der Waals surface area contributed by atoms with Crippen LogP contribution in [0.2, 0.25) is 0 Å². The standard InChI is InChI=1S/C19H22FN3O2/c1-19(2,3)21-12-17(24)23-16-7-5-4-6-15(16)18(25)22-14-10-8-13(20)9-11-14/h4-11,21H,12H2,1-3H3,(H,22,25)(H,23,24). The lowest BCUT2D eigenvalue weighted by atomic mass is 10.1. The largest absolute Gasteiger partial charge is 0.324 e. The van der Waals surface area contributed by atoms with Gasteiger partial charge in [-0.3, -0.25) is 9.59 Å². The van der Waals surface area contributed by atoms with Gasteiger partial charge in [-0.15, -0.1) is 0 Å². The van der Waals surface area contributed by atoms with Crippen LogP contribution in [0.5, 0.6) is 0 Å². The molecule has 0 radical (unpaired) electrons. The van der Waals surface area contributed by atoms with Crippen LogP contribution in [0.1, 0.15) is 31.1 Å². The van der Waals surface area contributed by atoms with E-state index in [9.17, 15) is 14.0 Å². The van der Waals surface area contributed by atoms with Crippen molar-refractivity contribution in [3.8, 4) is 0 Å². The van der Waals surface area contributed by atoms with Crippen molar-refractivity contribution in [2.45, 2.75) is 26.3 Å². The van der Waals surface area contributed by atoms with Gasteiger partial charge in [-0.1, -0.05) is 12.1 Å². The Hall–Kier alpha value is -2.73. The van der Waals surface area contributed by atoms with E-state index in [-0.39, 0.29) is 29.7 Å². The summed E-state index contributed by atoms with van der Waals surface area (Å²) < 4.78 is 12.9. The third-order valence-corrected chi connectivity index (χ3v) is 3.33. The van der Waals surface area contributed by atoms with Crippen molar-refractivity contribution < 1.29 is 14.0 Å². The average molecular weight is 343 g/mol. The Morgan fingerprint density at radius 1 is 0.960 bits per heavy atom. The van der Waals surface area contributed by atoms with Crippen molar-refractivity contribution in [3.63, 3.8) is 0 Å². The zero-order chi connectivity index (χ0) is 18.4. The molecule has 0 atom stereocenters. The summed E-state index contributed by atoms with van der Waals surface area (Å²) >= 11 is 0. The van der Waals surface area contributed by atoms with Gasteiger partial charge in [-0.2, -0.15) is 0 Å². The molecule has 5 nitrogen and oxygen atoms in total. The summed E-state index contributed by atoms with van der Waals surface area (Å²) in [5.41, 5.74) is 1.04. The number of halogens is 1. The van der Waals surface area contributed by atoms with Gasteiger partial charge in [0.1, 0.15) is 5.82 Å². The molecule has 0 saturated carbocycles. The van der Waals surface area contributed by atoms with Crippen molar-refractivity contribution in [3.05, 3.63) is 59.9 Å². The van der Waals surface area contributed by atoms with Crippen LogP contribution in [0.4, 0.5) is 15.8 Å². The smallest absolute Gasteiger partial charge is 0.257 e. The topological polar surface area (TPSA) is 70.2 Å². The highest BCUT2D eigenvalue weighted by Gasteiger charge is 2.15. The molecule has 0 unspecified atom stereocenters. The van der Waals surface area contributed by atoms with E-state index in [0.29, 0.717) is 16.9 Å². The quantitative estimate of drug-likeness (QED) is 0.779. The molecule has 2 rings (SSSR count). The SMILES string of the molecule is CC(C)(C)NCC(=O)Nc1ccccc1C(=O)Nc1ccc(F)cc1. The monoisotopic (exact) mass is 343 g/mol. The third-order valence-electron chi connectivity index (χ3n) is 3.33. The first-order chi connectivity index (χ1) is 11.7. The van der Waals surface area contributed by atoms with Crippen molar-refractivity contribution >= 4 is 23.2 Å². The van der Waals surface area contributed by atoms with Crippen LogP contribution in [-0.2, 0) is 4.79 Å². The van der Waals surface area contributed by atoms with Gasteiger partial charge in [-0.05, 0) is 57.2 Å². The Labute approximate surface area is 146 Å². The molecule has 2 aromatic rings. The first-order valence-corrected chi connectivity index (χ1v) is 7.95. The van der Waals surface area contributed by atoms with Crippen LogP contribution in [-0.4, -0.2) is 23.9 Å². The van der Waals surface area contributed by atoms with Crippen molar-refractivity contribution in [2.75, 3.05) is 17.2 Å². The van der Waals surface area contributed by atoms with Crippen LogP contribution < -0.4 is 16.0 Å². The number of amides is 2. The predicted octanol–water partition coefficient (Wildman–Crippen LogP) is 3.40. The molecule has 0 spiro atoms. The molecule has 0 aliphatic rings. The summed E-state index contributed by atoms with van der Waals surface area (Å²) in [5.74, 6) is -1.000. The fraction of sp³-hybridized carbons (Fsp3) is 0.263. The predicted molar refractivity (Wildman–Crippen MR) is 97.2 cm³/mol. The summed E-state index contributed by atoms with van der Waals surface area (Å²) in [7, 11) is 0. The Kier molecular flexibility index (Phi) is 5.88. The summed E-state index contributed by atoms with van der Waals surface area (Å²) in [6, 6.07) is 12.2. The van der Waals surface area contributed by atoms with Crippen LogP contribution in [0.3, 0.4) is 0 Å². The lowest BCUT2D eigenvalue weighted by Crippen LogP contribution is -2.41. The van der Waals surface area contributed by atoms with E-state index in [4.69, 9.17) is 0 Å². The second kappa shape index (κ2) is 7.90. The van der Waals surface area contributed by atoms with E-state index in [2.05, 4.69) is 16.0 Å². The number of hydrogen-bond donors (Lipinski definition) is 3. The second-order valence-corrected chi connectivity index (χ2v) is 6.66.